The Morgan fingerprint density at radius 1 is 1.22 bits per heavy atom. The molecule has 1 aliphatic carbocycles. The van der Waals surface area contributed by atoms with E-state index in [0.717, 1.165) is 18.8 Å². The fourth-order valence-corrected chi connectivity index (χ4v) is 3.33. The summed E-state index contributed by atoms with van der Waals surface area (Å²) in [5.41, 5.74) is 9.39. The van der Waals surface area contributed by atoms with Crippen LogP contribution in [0.2, 0.25) is 0 Å². The van der Waals surface area contributed by atoms with Gasteiger partial charge in [-0.25, -0.2) is 0 Å². The normalized spacial score (nSPS) is 28.3. The standard InChI is InChI=1S/C17H27N/c1-3-6-15-8-10-16(11-9-15)17(18)12-5-7-14(4-2)13-17/h8-11,14H,3-7,12-13,18H2,1-2H3. The molecule has 1 saturated carbocycles. The zero-order valence-electron chi connectivity index (χ0n) is 11.9. The highest BCUT2D eigenvalue weighted by atomic mass is 14.7. The Morgan fingerprint density at radius 3 is 2.56 bits per heavy atom. The molecule has 1 heteroatoms. The van der Waals surface area contributed by atoms with Crippen LogP contribution in [-0.4, -0.2) is 0 Å². The van der Waals surface area contributed by atoms with Crippen molar-refractivity contribution < 1.29 is 0 Å². The van der Waals surface area contributed by atoms with Gasteiger partial charge in [0, 0.05) is 5.54 Å². The third-order valence-electron chi connectivity index (χ3n) is 4.53. The van der Waals surface area contributed by atoms with Crippen molar-refractivity contribution >= 4 is 0 Å². The number of nitrogens with two attached hydrogens (primary N) is 1. The average Bonchev–Trinajstić information content (AvgIpc) is 2.40. The first-order chi connectivity index (χ1) is 8.68. The Balaban J connectivity index is 2.13. The van der Waals surface area contributed by atoms with Crippen molar-refractivity contribution in [3.8, 4) is 0 Å². The Kier molecular flexibility index (Phi) is 4.45. The lowest BCUT2D eigenvalue weighted by molar-refractivity contribution is 0.221. The number of rotatable bonds is 4. The molecule has 1 aromatic rings. The molecular weight excluding hydrogens is 218 g/mol. The Bertz CT molecular complexity index is 368. The van der Waals surface area contributed by atoms with Crippen molar-refractivity contribution in [2.45, 2.75) is 64.3 Å². The van der Waals surface area contributed by atoms with E-state index in [0.29, 0.717) is 0 Å². The Hall–Kier alpha value is -0.820. The van der Waals surface area contributed by atoms with Crippen LogP contribution in [-0.2, 0) is 12.0 Å². The minimum absolute atomic E-state index is 0.0658. The van der Waals surface area contributed by atoms with Crippen LogP contribution in [0.1, 0.15) is 63.5 Å². The molecule has 1 fully saturated rings. The van der Waals surface area contributed by atoms with E-state index in [9.17, 15) is 0 Å². The maximum atomic E-state index is 6.67. The molecule has 2 rings (SSSR count). The van der Waals surface area contributed by atoms with E-state index in [-0.39, 0.29) is 5.54 Å². The van der Waals surface area contributed by atoms with Crippen LogP contribution in [0.4, 0.5) is 0 Å². The number of hydrogen-bond donors (Lipinski definition) is 1. The molecule has 1 nitrogen and oxygen atoms in total. The maximum absolute atomic E-state index is 6.67. The van der Waals surface area contributed by atoms with Gasteiger partial charge in [-0.2, -0.15) is 0 Å². The van der Waals surface area contributed by atoms with E-state index in [1.165, 1.54) is 43.2 Å². The maximum Gasteiger partial charge on any atom is 0.0412 e. The molecule has 2 N–H and O–H groups in total. The summed E-state index contributed by atoms with van der Waals surface area (Å²) in [6, 6.07) is 9.07. The summed E-state index contributed by atoms with van der Waals surface area (Å²) < 4.78 is 0. The average molecular weight is 245 g/mol. The molecular formula is C17H27N. The van der Waals surface area contributed by atoms with Gasteiger partial charge in [0.15, 0.2) is 0 Å². The second kappa shape index (κ2) is 5.88. The summed E-state index contributed by atoms with van der Waals surface area (Å²) in [7, 11) is 0. The van der Waals surface area contributed by atoms with Crippen molar-refractivity contribution in [3.05, 3.63) is 35.4 Å². The van der Waals surface area contributed by atoms with Crippen molar-refractivity contribution in [1.82, 2.24) is 0 Å². The quantitative estimate of drug-likeness (QED) is 0.836. The third-order valence-corrected chi connectivity index (χ3v) is 4.53. The first kappa shape index (κ1) is 13.6. The fraction of sp³-hybridized carbons (Fsp3) is 0.647. The van der Waals surface area contributed by atoms with Gasteiger partial charge in [0.1, 0.15) is 0 Å². The van der Waals surface area contributed by atoms with Crippen molar-refractivity contribution in [1.29, 1.82) is 0 Å². The van der Waals surface area contributed by atoms with E-state index in [1.807, 2.05) is 0 Å². The largest absolute Gasteiger partial charge is 0.321 e. The smallest absolute Gasteiger partial charge is 0.0412 e. The fourth-order valence-electron chi connectivity index (χ4n) is 3.33. The van der Waals surface area contributed by atoms with Crippen LogP contribution in [0.15, 0.2) is 24.3 Å². The van der Waals surface area contributed by atoms with E-state index in [4.69, 9.17) is 5.73 Å². The molecule has 2 atom stereocenters. The number of aryl methyl sites for hydroxylation is 1. The number of hydrogen-bond acceptors (Lipinski definition) is 1. The molecule has 2 unspecified atom stereocenters. The first-order valence-electron chi connectivity index (χ1n) is 7.56. The van der Waals surface area contributed by atoms with E-state index >= 15 is 0 Å². The van der Waals surface area contributed by atoms with Crippen LogP contribution in [0, 0.1) is 5.92 Å². The molecule has 0 bridgehead atoms. The van der Waals surface area contributed by atoms with Gasteiger partial charge < -0.3 is 5.73 Å². The van der Waals surface area contributed by atoms with Gasteiger partial charge in [0.25, 0.3) is 0 Å². The predicted molar refractivity (Wildman–Crippen MR) is 78.6 cm³/mol. The molecule has 0 spiro atoms. The highest BCUT2D eigenvalue weighted by Crippen LogP contribution is 2.39. The minimum Gasteiger partial charge on any atom is -0.321 e. The second-order valence-electron chi connectivity index (χ2n) is 5.97. The lowest BCUT2D eigenvalue weighted by Crippen LogP contribution is -2.41. The van der Waals surface area contributed by atoms with Gasteiger partial charge in [-0.15, -0.1) is 0 Å². The van der Waals surface area contributed by atoms with Crippen LogP contribution in [0.5, 0.6) is 0 Å². The minimum atomic E-state index is -0.0658. The van der Waals surface area contributed by atoms with Gasteiger partial charge in [-0.1, -0.05) is 63.8 Å². The molecule has 0 saturated heterocycles. The molecule has 18 heavy (non-hydrogen) atoms. The van der Waals surface area contributed by atoms with E-state index in [1.54, 1.807) is 0 Å². The van der Waals surface area contributed by atoms with Crippen LogP contribution in [0.3, 0.4) is 0 Å². The summed E-state index contributed by atoms with van der Waals surface area (Å²) in [6.07, 6.45) is 8.62. The van der Waals surface area contributed by atoms with Gasteiger partial charge in [0.2, 0.25) is 0 Å². The highest BCUT2D eigenvalue weighted by molar-refractivity contribution is 5.29. The molecule has 1 aromatic carbocycles. The number of benzene rings is 1. The Morgan fingerprint density at radius 2 is 1.94 bits per heavy atom. The molecule has 0 aliphatic heterocycles. The second-order valence-corrected chi connectivity index (χ2v) is 5.97. The zero-order valence-corrected chi connectivity index (χ0v) is 11.9. The highest BCUT2D eigenvalue weighted by Gasteiger charge is 2.33. The van der Waals surface area contributed by atoms with Crippen LogP contribution < -0.4 is 5.73 Å². The SMILES string of the molecule is CCCc1ccc(C2(N)CCCC(CC)C2)cc1. The molecule has 1 aliphatic rings. The molecule has 0 aromatic heterocycles. The summed E-state index contributed by atoms with van der Waals surface area (Å²) in [5.74, 6) is 0.819. The van der Waals surface area contributed by atoms with Gasteiger partial charge in [-0.3, -0.25) is 0 Å². The van der Waals surface area contributed by atoms with E-state index in [2.05, 4.69) is 38.1 Å². The lowest BCUT2D eigenvalue weighted by Gasteiger charge is -2.38. The first-order valence-corrected chi connectivity index (χ1v) is 7.56. The van der Waals surface area contributed by atoms with Gasteiger partial charge in [-0.05, 0) is 36.3 Å². The van der Waals surface area contributed by atoms with Gasteiger partial charge >= 0.3 is 0 Å². The molecule has 100 valence electrons. The Labute approximate surface area is 112 Å². The van der Waals surface area contributed by atoms with Crippen LogP contribution in [0.25, 0.3) is 0 Å². The van der Waals surface area contributed by atoms with Crippen molar-refractivity contribution in [2.24, 2.45) is 11.7 Å². The molecule has 0 amide bonds. The monoisotopic (exact) mass is 245 g/mol. The third kappa shape index (κ3) is 2.95. The predicted octanol–water partition coefficient (Wildman–Crippen LogP) is 4.39. The molecule has 0 heterocycles. The van der Waals surface area contributed by atoms with E-state index < -0.39 is 0 Å². The summed E-state index contributed by atoms with van der Waals surface area (Å²) in [6.45, 7) is 4.52. The zero-order chi connectivity index (χ0) is 13.0. The topological polar surface area (TPSA) is 26.0 Å². The van der Waals surface area contributed by atoms with Crippen LogP contribution >= 0.6 is 0 Å². The van der Waals surface area contributed by atoms with Crippen molar-refractivity contribution in [3.63, 3.8) is 0 Å². The summed E-state index contributed by atoms with van der Waals surface area (Å²) >= 11 is 0. The molecule has 0 radical (unpaired) electrons. The lowest BCUT2D eigenvalue weighted by atomic mass is 9.72. The summed E-state index contributed by atoms with van der Waals surface area (Å²) in [4.78, 5) is 0. The summed E-state index contributed by atoms with van der Waals surface area (Å²) in [5, 5.41) is 0. The van der Waals surface area contributed by atoms with Gasteiger partial charge in [0.05, 0.1) is 0 Å². The van der Waals surface area contributed by atoms with Crippen molar-refractivity contribution in [2.75, 3.05) is 0 Å².